The van der Waals surface area contributed by atoms with E-state index in [4.69, 9.17) is 5.73 Å². The van der Waals surface area contributed by atoms with Crippen molar-refractivity contribution in [2.24, 2.45) is 5.73 Å². The highest BCUT2D eigenvalue weighted by molar-refractivity contribution is 5.56. The number of hydrogen-bond donors (Lipinski definition) is 1. The fraction of sp³-hybridized carbons (Fsp3) is 0.333. The van der Waals surface area contributed by atoms with E-state index in [2.05, 4.69) is 60.4 Å². The lowest BCUT2D eigenvalue weighted by Crippen LogP contribution is -2.36. The van der Waals surface area contributed by atoms with E-state index in [-0.39, 0.29) is 0 Å². The quantitative estimate of drug-likeness (QED) is 0.921. The second kappa shape index (κ2) is 5.68. The van der Waals surface area contributed by atoms with Gasteiger partial charge in [-0.05, 0) is 42.5 Å². The molecule has 0 saturated carbocycles. The summed E-state index contributed by atoms with van der Waals surface area (Å²) in [7, 11) is 0. The van der Waals surface area contributed by atoms with Gasteiger partial charge in [0.2, 0.25) is 0 Å². The zero-order valence-electron chi connectivity index (χ0n) is 12.0. The fourth-order valence-electron chi connectivity index (χ4n) is 3.05. The lowest BCUT2D eigenvalue weighted by molar-refractivity contribution is 0.560. The second-order valence-electron chi connectivity index (χ2n) is 5.67. The Morgan fingerprint density at radius 3 is 2.75 bits per heavy atom. The molecule has 0 aliphatic carbocycles. The van der Waals surface area contributed by atoms with Gasteiger partial charge in [-0.1, -0.05) is 42.5 Å². The van der Waals surface area contributed by atoms with Crippen molar-refractivity contribution in [3.8, 4) is 0 Å². The minimum absolute atomic E-state index is 0.589. The van der Waals surface area contributed by atoms with E-state index in [0.717, 1.165) is 6.54 Å². The van der Waals surface area contributed by atoms with E-state index in [1.165, 1.54) is 35.2 Å². The summed E-state index contributed by atoms with van der Waals surface area (Å²) in [5.41, 5.74) is 11.2. The molecule has 0 spiro atoms. The van der Waals surface area contributed by atoms with Crippen LogP contribution in [0.25, 0.3) is 0 Å². The van der Waals surface area contributed by atoms with Crippen molar-refractivity contribution in [2.75, 3.05) is 4.90 Å². The van der Waals surface area contributed by atoms with Crippen LogP contribution in [0.15, 0.2) is 48.5 Å². The number of anilines is 1. The first-order chi connectivity index (χ1) is 9.78. The molecule has 2 heteroatoms. The lowest BCUT2D eigenvalue weighted by Gasteiger charge is -2.37. The summed E-state index contributed by atoms with van der Waals surface area (Å²) in [5.74, 6) is 0. The highest BCUT2D eigenvalue weighted by Crippen LogP contribution is 2.31. The van der Waals surface area contributed by atoms with Gasteiger partial charge in [0, 0.05) is 24.8 Å². The normalized spacial score (nSPS) is 17.9. The monoisotopic (exact) mass is 266 g/mol. The maximum absolute atomic E-state index is 5.74. The standard InChI is InChI=1S/C18H22N2/c1-14-9-10-17-7-2-3-8-18(17)20(14)13-16-6-4-5-15(11-16)12-19/h2-8,11,14H,9-10,12-13,19H2,1H3. The molecule has 1 aliphatic rings. The molecule has 1 aliphatic heterocycles. The molecular formula is C18H22N2. The zero-order valence-corrected chi connectivity index (χ0v) is 12.0. The molecule has 1 atom stereocenters. The third kappa shape index (κ3) is 2.56. The summed E-state index contributed by atoms with van der Waals surface area (Å²) in [4.78, 5) is 2.52. The molecule has 1 heterocycles. The summed E-state index contributed by atoms with van der Waals surface area (Å²) in [5, 5.41) is 0. The minimum Gasteiger partial charge on any atom is -0.364 e. The molecule has 0 fully saturated rings. The Labute approximate surface area is 121 Å². The van der Waals surface area contributed by atoms with Crippen LogP contribution in [0.5, 0.6) is 0 Å². The highest BCUT2D eigenvalue weighted by Gasteiger charge is 2.22. The summed E-state index contributed by atoms with van der Waals surface area (Å²) >= 11 is 0. The summed E-state index contributed by atoms with van der Waals surface area (Å²) in [6.45, 7) is 3.90. The van der Waals surface area contributed by atoms with Crippen molar-refractivity contribution in [2.45, 2.75) is 38.9 Å². The highest BCUT2D eigenvalue weighted by atomic mass is 15.2. The molecule has 2 nitrogen and oxygen atoms in total. The smallest absolute Gasteiger partial charge is 0.0432 e. The van der Waals surface area contributed by atoms with Crippen LogP contribution in [0.4, 0.5) is 5.69 Å². The second-order valence-corrected chi connectivity index (χ2v) is 5.67. The zero-order chi connectivity index (χ0) is 13.9. The first-order valence-corrected chi connectivity index (χ1v) is 7.40. The number of aryl methyl sites for hydroxylation is 1. The molecule has 2 aromatic carbocycles. The average molecular weight is 266 g/mol. The van der Waals surface area contributed by atoms with Gasteiger partial charge >= 0.3 is 0 Å². The molecule has 20 heavy (non-hydrogen) atoms. The van der Waals surface area contributed by atoms with E-state index in [1.807, 2.05) is 0 Å². The first-order valence-electron chi connectivity index (χ1n) is 7.40. The maximum atomic E-state index is 5.74. The molecule has 2 N–H and O–H groups in total. The van der Waals surface area contributed by atoms with Gasteiger partial charge in [0.05, 0.1) is 0 Å². The van der Waals surface area contributed by atoms with Gasteiger partial charge in [-0.15, -0.1) is 0 Å². The molecular weight excluding hydrogens is 244 g/mol. The van der Waals surface area contributed by atoms with Gasteiger partial charge in [-0.3, -0.25) is 0 Å². The predicted molar refractivity (Wildman–Crippen MR) is 84.7 cm³/mol. The minimum atomic E-state index is 0.589. The Hall–Kier alpha value is -1.80. The number of benzene rings is 2. The summed E-state index contributed by atoms with van der Waals surface area (Å²) in [6, 6.07) is 18.0. The number of nitrogens with two attached hydrogens (primary N) is 1. The summed E-state index contributed by atoms with van der Waals surface area (Å²) < 4.78 is 0. The molecule has 1 unspecified atom stereocenters. The Morgan fingerprint density at radius 2 is 1.90 bits per heavy atom. The van der Waals surface area contributed by atoms with Crippen LogP contribution < -0.4 is 10.6 Å². The van der Waals surface area contributed by atoms with Gasteiger partial charge in [-0.25, -0.2) is 0 Å². The first kappa shape index (κ1) is 13.2. The molecule has 0 saturated heterocycles. The van der Waals surface area contributed by atoms with Crippen LogP contribution in [-0.2, 0) is 19.5 Å². The molecule has 2 aromatic rings. The molecule has 0 aromatic heterocycles. The number of hydrogen-bond acceptors (Lipinski definition) is 2. The van der Waals surface area contributed by atoms with E-state index in [9.17, 15) is 0 Å². The van der Waals surface area contributed by atoms with Crippen molar-refractivity contribution in [1.29, 1.82) is 0 Å². The van der Waals surface area contributed by atoms with Crippen molar-refractivity contribution in [3.63, 3.8) is 0 Å². The Balaban J connectivity index is 1.89. The van der Waals surface area contributed by atoms with Crippen LogP contribution in [-0.4, -0.2) is 6.04 Å². The van der Waals surface area contributed by atoms with Crippen LogP contribution in [0.2, 0.25) is 0 Å². The average Bonchev–Trinajstić information content (AvgIpc) is 2.50. The molecule has 3 rings (SSSR count). The maximum Gasteiger partial charge on any atom is 0.0432 e. The number of fused-ring (bicyclic) bond motifs is 1. The van der Waals surface area contributed by atoms with E-state index in [0.29, 0.717) is 12.6 Å². The van der Waals surface area contributed by atoms with E-state index < -0.39 is 0 Å². The van der Waals surface area contributed by atoms with Crippen molar-refractivity contribution in [1.82, 2.24) is 0 Å². The Kier molecular flexibility index (Phi) is 3.75. The van der Waals surface area contributed by atoms with E-state index in [1.54, 1.807) is 0 Å². The van der Waals surface area contributed by atoms with Gasteiger partial charge in [0.1, 0.15) is 0 Å². The number of para-hydroxylation sites is 1. The van der Waals surface area contributed by atoms with Gasteiger partial charge in [0.25, 0.3) is 0 Å². The van der Waals surface area contributed by atoms with Crippen LogP contribution >= 0.6 is 0 Å². The van der Waals surface area contributed by atoms with Crippen LogP contribution in [0.1, 0.15) is 30.0 Å². The van der Waals surface area contributed by atoms with Crippen LogP contribution in [0.3, 0.4) is 0 Å². The Morgan fingerprint density at radius 1 is 1.10 bits per heavy atom. The van der Waals surface area contributed by atoms with Crippen LogP contribution in [0, 0.1) is 0 Å². The predicted octanol–water partition coefficient (Wildman–Crippen LogP) is 3.49. The van der Waals surface area contributed by atoms with E-state index >= 15 is 0 Å². The third-order valence-electron chi connectivity index (χ3n) is 4.24. The lowest BCUT2D eigenvalue weighted by atomic mass is 9.96. The van der Waals surface area contributed by atoms with Crippen molar-refractivity contribution < 1.29 is 0 Å². The van der Waals surface area contributed by atoms with Gasteiger partial charge in [0.15, 0.2) is 0 Å². The molecule has 0 amide bonds. The number of nitrogens with zero attached hydrogens (tertiary/aromatic N) is 1. The van der Waals surface area contributed by atoms with Gasteiger partial charge < -0.3 is 10.6 Å². The van der Waals surface area contributed by atoms with Crippen molar-refractivity contribution in [3.05, 3.63) is 65.2 Å². The SMILES string of the molecule is CC1CCc2ccccc2N1Cc1cccc(CN)c1. The Bertz CT molecular complexity index is 591. The fourth-order valence-corrected chi connectivity index (χ4v) is 3.05. The number of rotatable bonds is 3. The topological polar surface area (TPSA) is 29.3 Å². The van der Waals surface area contributed by atoms with Gasteiger partial charge in [-0.2, -0.15) is 0 Å². The van der Waals surface area contributed by atoms with Crippen molar-refractivity contribution >= 4 is 5.69 Å². The summed E-state index contributed by atoms with van der Waals surface area (Å²) in [6.07, 6.45) is 2.42. The molecule has 104 valence electrons. The molecule has 0 radical (unpaired) electrons. The molecule has 0 bridgehead atoms. The third-order valence-corrected chi connectivity index (χ3v) is 4.24. The largest absolute Gasteiger partial charge is 0.364 e.